The van der Waals surface area contributed by atoms with Gasteiger partial charge in [-0.3, -0.25) is 20.8 Å². The summed E-state index contributed by atoms with van der Waals surface area (Å²) in [5.41, 5.74) is 2.11. The molecule has 1 amide bonds. The molecule has 1 atom stereocenters. The molecule has 1 fully saturated rings. The zero-order valence-corrected chi connectivity index (χ0v) is 11.6. The van der Waals surface area contributed by atoms with Crippen molar-refractivity contribution < 1.29 is 9.72 Å². The minimum absolute atomic E-state index is 0.0287. The molecule has 0 aliphatic carbocycles. The van der Waals surface area contributed by atoms with Crippen LogP contribution in [0.25, 0.3) is 0 Å². The maximum atomic E-state index is 12.2. The molecule has 2 rings (SSSR count). The van der Waals surface area contributed by atoms with Crippen LogP contribution in [0, 0.1) is 10.1 Å². The molecule has 1 aliphatic rings. The Kier molecular flexibility index (Phi) is 4.80. The lowest BCUT2D eigenvalue weighted by Crippen LogP contribution is -2.38. The number of benzene rings is 1. The van der Waals surface area contributed by atoms with Gasteiger partial charge in [-0.25, -0.2) is 0 Å². The summed E-state index contributed by atoms with van der Waals surface area (Å²) in [5, 5.41) is 14.0. The number of nitro benzene ring substituents is 1. The van der Waals surface area contributed by atoms with Crippen molar-refractivity contribution in [3.63, 3.8) is 0 Å². The van der Waals surface area contributed by atoms with Crippen LogP contribution in [0.15, 0.2) is 18.2 Å². The number of para-hydroxylation sites is 1. The van der Waals surface area contributed by atoms with Crippen LogP contribution < -0.4 is 16.6 Å². The van der Waals surface area contributed by atoms with Crippen molar-refractivity contribution in [2.45, 2.75) is 18.9 Å². The third-order valence-electron chi connectivity index (χ3n) is 3.11. The highest BCUT2D eigenvalue weighted by atomic mass is 32.2. The van der Waals surface area contributed by atoms with Crippen LogP contribution >= 0.6 is 11.8 Å². The second-order valence-electron chi connectivity index (χ2n) is 4.49. The van der Waals surface area contributed by atoms with Crippen molar-refractivity contribution in [1.82, 2.24) is 5.32 Å². The zero-order valence-electron chi connectivity index (χ0n) is 10.8. The number of nitrogens with zero attached hydrogens (tertiary/aromatic N) is 1. The molecule has 1 aliphatic heterocycles. The minimum atomic E-state index is -0.597. The lowest BCUT2D eigenvalue weighted by Gasteiger charge is -2.22. The van der Waals surface area contributed by atoms with Gasteiger partial charge >= 0.3 is 5.69 Å². The molecule has 108 valence electrons. The number of nitrogens with one attached hydrogen (secondary N) is 2. The van der Waals surface area contributed by atoms with E-state index in [2.05, 4.69) is 10.7 Å². The number of hydrogen-bond acceptors (Lipinski definition) is 6. The summed E-state index contributed by atoms with van der Waals surface area (Å²) in [5.74, 6) is 6.76. The SMILES string of the molecule is NNc1cccc(C(=O)NC2CCCSC2)c1[N+](=O)[O-]. The number of rotatable bonds is 4. The van der Waals surface area contributed by atoms with Crippen molar-refractivity contribution in [2.24, 2.45) is 5.84 Å². The molecule has 4 N–H and O–H groups in total. The first-order valence-corrected chi connectivity index (χ1v) is 7.41. The standard InChI is InChI=1S/C12H16N4O3S/c13-15-10-5-1-4-9(11(10)16(18)19)12(17)14-8-3-2-6-20-7-8/h1,4-5,8,15H,2-3,6-7,13H2,(H,14,17). The average molecular weight is 296 g/mol. The molecule has 20 heavy (non-hydrogen) atoms. The van der Waals surface area contributed by atoms with Crippen molar-refractivity contribution in [1.29, 1.82) is 0 Å². The maximum Gasteiger partial charge on any atom is 0.306 e. The van der Waals surface area contributed by atoms with E-state index in [1.54, 1.807) is 17.8 Å². The lowest BCUT2D eigenvalue weighted by atomic mass is 10.1. The van der Waals surface area contributed by atoms with Gasteiger partial charge in [0.15, 0.2) is 0 Å². The van der Waals surface area contributed by atoms with Crippen molar-refractivity contribution in [3.8, 4) is 0 Å². The second kappa shape index (κ2) is 6.58. The fourth-order valence-corrected chi connectivity index (χ4v) is 3.23. The molecule has 0 radical (unpaired) electrons. The molecule has 1 heterocycles. The van der Waals surface area contributed by atoms with E-state index in [9.17, 15) is 14.9 Å². The summed E-state index contributed by atoms with van der Waals surface area (Å²) in [6, 6.07) is 4.53. The van der Waals surface area contributed by atoms with Gasteiger partial charge in [0.25, 0.3) is 5.91 Å². The molecule has 8 heteroatoms. The van der Waals surface area contributed by atoms with Gasteiger partial charge in [0, 0.05) is 11.8 Å². The van der Waals surface area contributed by atoms with Gasteiger partial charge in [0.2, 0.25) is 0 Å². The minimum Gasteiger partial charge on any atom is -0.348 e. The molecule has 0 spiro atoms. The van der Waals surface area contributed by atoms with Crippen LogP contribution in [-0.2, 0) is 0 Å². The quantitative estimate of drug-likeness (QED) is 0.441. The van der Waals surface area contributed by atoms with Gasteiger partial charge in [-0.15, -0.1) is 0 Å². The van der Waals surface area contributed by atoms with E-state index in [1.165, 1.54) is 12.1 Å². The van der Waals surface area contributed by atoms with E-state index in [0.717, 1.165) is 24.3 Å². The molecule has 0 saturated carbocycles. The molecular formula is C12H16N4O3S. The first-order chi connectivity index (χ1) is 9.63. The van der Waals surface area contributed by atoms with Gasteiger partial charge in [-0.05, 0) is 30.7 Å². The summed E-state index contributed by atoms with van der Waals surface area (Å²) >= 11 is 1.78. The number of nitrogens with two attached hydrogens (primary N) is 1. The van der Waals surface area contributed by atoms with E-state index >= 15 is 0 Å². The Balaban J connectivity index is 2.22. The van der Waals surface area contributed by atoms with Crippen molar-refractivity contribution in [2.75, 3.05) is 16.9 Å². The lowest BCUT2D eigenvalue weighted by molar-refractivity contribution is -0.384. The first kappa shape index (κ1) is 14.6. The first-order valence-electron chi connectivity index (χ1n) is 6.26. The van der Waals surface area contributed by atoms with E-state index in [-0.39, 0.29) is 23.0 Å². The number of nitro groups is 1. The number of amides is 1. The Labute approximate surface area is 120 Å². The van der Waals surface area contributed by atoms with Crippen LogP contribution in [0.4, 0.5) is 11.4 Å². The second-order valence-corrected chi connectivity index (χ2v) is 5.64. The highest BCUT2D eigenvalue weighted by molar-refractivity contribution is 7.99. The monoisotopic (exact) mass is 296 g/mol. The summed E-state index contributed by atoms with van der Waals surface area (Å²) in [7, 11) is 0. The summed E-state index contributed by atoms with van der Waals surface area (Å²) in [6.07, 6.45) is 1.95. The van der Waals surface area contributed by atoms with Crippen LogP contribution in [0.2, 0.25) is 0 Å². The van der Waals surface area contributed by atoms with Gasteiger partial charge in [0.1, 0.15) is 11.3 Å². The molecular weight excluding hydrogens is 280 g/mol. The highest BCUT2D eigenvalue weighted by Crippen LogP contribution is 2.28. The Bertz CT molecular complexity index is 517. The molecule has 1 unspecified atom stereocenters. The fraction of sp³-hybridized carbons (Fsp3) is 0.417. The number of carbonyl (C=O) groups excluding carboxylic acids is 1. The van der Waals surface area contributed by atoms with Gasteiger partial charge < -0.3 is 10.7 Å². The van der Waals surface area contributed by atoms with Gasteiger partial charge in [-0.2, -0.15) is 11.8 Å². The summed E-state index contributed by atoms with van der Waals surface area (Å²) < 4.78 is 0. The normalized spacial score (nSPS) is 18.4. The predicted molar refractivity (Wildman–Crippen MR) is 78.7 cm³/mol. The highest BCUT2D eigenvalue weighted by Gasteiger charge is 2.26. The Morgan fingerprint density at radius 3 is 2.90 bits per heavy atom. The van der Waals surface area contributed by atoms with E-state index in [4.69, 9.17) is 5.84 Å². The number of anilines is 1. The van der Waals surface area contributed by atoms with E-state index in [1.807, 2.05) is 0 Å². The van der Waals surface area contributed by atoms with Crippen LogP contribution in [0.5, 0.6) is 0 Å². The Morgan fingerprint density at radius 1 is 1.50 bits per heavy atom. The summed E-state index contributed by atoms with van der Waals surface area (Å²) in [6.45, 7) is 0. The average Bonchev–Trinajstić information content (AvgIpc) is 2.47. The van der Waals surface area contributed by atoms with E-state index < -0.39 is 10.8 Å². The molecule has 1 saturated heterocycles. The number of thioether (sulfide) groups is 1. The molecule has 7 nitrogen and oxygen atoms in total. The van der Waals surface area contributed by atoms with Gasteiger partial charge in [0.05, 0.1) is 4.92 Å². The maximum absolute atomic E-state index is 12.2. The van der Waals surface area contributed by atoms with Crippen molar-refractivity contribution in [3.05, 3.63) is 33.9 Å². The number of nitrogen functional groups attached to an aromatic ring is 1. The third kappa shape index (κ3) is 3.20. The van der Waals surface area contributed by atoms with E-state index in [0.29, 0.717) is 0 Å². The fourth-order valence-electron chi connectivity index (χ4n) is 2.16. The predicted octanol–water partition coefficient (Wildman–Crippen LogP) is 1.51. The molecule has 1 aromatic rings. The number of hydrazine groups is 1. The third-order valence-corrected chi connectivity index (χ3v) is 4.33. The Hall–Kier alpha value is -1.80. The molecule has 0 bridgehead atoms. The van der Waals surface area contributed by atoms with Crippen LogP contribution in [0.1, 0.15) is 23.2 Å². The molecule has 1 aromatic carbocycles. The number of hydrogen-bond donors (Lipinski definition) is 3. The zero-order chi connectivity index (χ0) is 14.5. The number of carbonyl (C=O) groups is 1. The molecule has 0 aromatic heterocycles. The van der Waals surface area contributed by atoms with Crippen LogP contribution in [0.3, 0.4) is 0 Å². The topological polar surface area (TPSA) is 110 Å². The summed E-state index contributed by atoms with van der Waals surface area (Å²) in [4.78, 5) is 22.7. The van der Waals surface area contributed by atoms with Gasteiger partial charge in [-0.1, -0.05) is 6.07 Å². The largest absolute Gasteiger partial charge is 0.348 e. The smallest absolute Gasteiger partial charge is 0.306 e. The Morgan fingerprint density at radius 2 is 2.30 bits per heavy atom. The van der Waals surface area contributed by atoms with Crippen LogP contribution in [-0.4, -0.2) is 28.4 Å². The van der Waals surface area contributed by atoms with Crippen molar-refractivity contribution >= 4 is 29.0 Å².